The fourth-order valence-corrected chi connectivity index (χ4v) is 3.75. The van der Waals surface area contributed by atoms with Gasteiger partial charge in [-0.15, -0.1) is 0 Å². The third-order valence-corrected chi connectivity index (χ3v) is 5.67. The Morgan fingerprint density at radius 3 is 2.39 bits per heavy atom. The molecule has 0 saturated carbocycles. The summed E-state index contributed by atoms with van der Waals surface area (Å²) in [6.45, 7) is 6.13. The number of hydrogen-bond acceptors (Lipinski definition) is 3. The summed E-state index contributed by atoms with van der Waals surface area (Å²) in [7, 11) is 0. The fraction of sp³-hybridized carbons (Fsp3) is 0.500. The number of carbonyl (C=O) groups is 2. The molecule has 0 radical (unpaired) electrons. The Labute approximate surface area is 179 Å². The number of aryl methyl sites for hydroxylation is 1. The van der Waals surface area contributed by atoms with E-state index in [1.807, 2.05) is 17.7 Å². The highest BCUT2D eigenvalue weighted by atomic mass is 19.4. The molecule has 6 nitrogen and oxygen atoms in total. The Kier molecular flexibility index (Phi) is 7.02. The van der Waals surface area contributed by atoms with Gasteiger partial charge in [-0.25, -0.2) is 4.98 Å². The van der Waals surface area contributed by atoms with Gasteiger partial charge in [0.05, 0.1) is 5.56 Å². The highest BCUT2D eigenvalue weighted by Gasteiger charge is 2.31. The zero-order valence-corrected chi connectivity index (χ0v) is 17.7. The monoisotopic (exact) mass is 436 g/mol. The Bertz CT molecular complexity index is 900. The minimum atomic E-state index is -4.43. The first-order valence-electron chi connectivity index (χ1n) is 10.4. The number of benzene rings is 1. The molecule has 1 fully saturated rings. The van der Waals surface area contributed by atoms with Crippen LogP contribution in [0.2, 0.25) is 0 Å². The Hall–Kier alpha value is -2.84. The molecule has 168 valence electrons. The molecule has 2 aromatic rings. The number of piperidine rings is 1. The van der Waals surface area contributed by atoms with E-state index in [-0.39, 0.29) is 29.2 Å². The van der Waals surface area contributed by atoms with E-state index in [1.165, 1.54) is 12.1 Å². The van der Waals surface area contributed by atoms with Crippen molar-refractivity contribution in [3.8, 4) is 0 Å². The number of nitrogens with zero attached hydrogens (tertiary/aromatic N) is 3. The average Bonchev–Trinajstić information content (AvgIpc) is 3.15. The lowest BCUT2D eigenvalue weighted by Gasteiger charge is -2.31. The van der Waals surface area contributed by atoms with Crippen LogP contribution in [0.25, 0.3) is 0 Å². The SMILES string of the molecule is Cc1nccn1C[C@@H](C)CNC(=O)C1CCN(C(=O)c2ccc(C(F)(F)F)cc2)CC1. The van der Waals surface area contributed by atoms with Gasteiger partial charge in [0.2, 0.25) is 5.91 Å². The number of imidazole rings is 1. The molecule has 1 atom stereocenters. The summed E-state index contributed by atoms with van der Waals surface area (Å²) in [6, 6.07) is 4.24. The molecule has 1 aliphatic heterocycles. The maximum atomic E-state index is 12.7. The van der Waals surface area contributed by atoms with Crippen molar-refractivity contribution < 1.29 is 22.8 Å². The maximum Gasteiger partial charge on any atom is 0.416 e. The minimum absolute atomic E-state index is 0.0177. The van der Waals surface area contributed by atoms with Crippen LogP contribution in [0.15, 0.2) is 36.7 Å². The number of likely N-dealkylation sites (tertiary alicyclic amines) is 1. The molecule has 1 N–H and O–H groups in total. The topological polar surface area (TPSA) is 67.2 Å². The van der Waals surface area contributed by atoms with Crippen LogP contribution in [0.1, 0.15) is 41.5 Å². The summed E-state index contributed by atoms with van der Waals surface area (Å²) in [6.07, 6.45) is 0.306. The van der Waals surface area contributed by atoms with Crippen molar-refractivity contribution in [2.45, 2.75) is 39.4 Å². The van der Waals surface area contributed by atoms with Gasteiger partial charge in [0.1, 0.15) is 5.82 Å². The van der Waals surface area contributed by atoms with Gasteiger partial charge >= 0.3 is 6.18 Å². The molecular formula is C22H27F3N4O2. The summed E-state index contributed by atoms with van der Waals surface area (Å²) >= 11 is 0. The number of hydrogen-bond donors (Lipinski definition) is 1. The molecule has 1 aliphatic rings. The highest BCUT2D eigenvalue weighted by Crippen LogP contribution is 2.29. The molecular weight excluding hydrogens is 409 g/mol. The predicted molar refractivity (Wildman–Crippen MR) is 109 cm³/mol. The smallest absolute Gasteiger partial charge is 0.356 e. The molecule has 1 saturated heterocycles. The third kappa shape index (κ3) is 5.86. The molecule has 31 heavy (non-hydrogen) atoms. The van der Waals surface area contributed by atoms with Gasteiger partial charge < -0.3 is 14.8 Å². The van der Waals surface area contributed by atoms with Crippen molar-refractivity contribution in [2.24, 2.45) is 11.8 Å². The lowest BCUT2D eigenvalue weighted by atomic mass is 9.95. The van der Waals surface area contributed by atoms with Gasteiger partial charge in [0.25, 0.3) is 5.91 Å². The lowest BCUT2D eigenvalue weighted by molar-refractivity contribution is -0.137. The molecule has 2 amide bonds. The van der Waals surface area contributed by atoms with Crippen LogP contribution < -0.4 is 5.32 Å². The van der Waals surface area contributed by atoms with E-state index in [1.54, 1.807) is 11.1 Å². The summed E-state index contributed by atoms with van der Waals surface area (Å²) < 4.78 is 40.1. The third-order valence-electron chi connectivity index (χ3n) is 5.67. The van der Waals surface area contributed by atoms with Crippen LogP contribution in [0, 0.1) is 18.8 Å². The Morgan fingerprint density at radius 2 is 1.84 bits per heavy atom. The predicted octanol–water partition coefficient (Wildman–Crippen LogP) is 3.52. The van der Waals surface area contributed by atoms with Crippen molar-refractivity contribution in [1.82, 2.24) is 19.8 Å². The summed E-state index contributed by atoms with van der Waals surface area (Å²) in [5, 5.41) is 3.00. The van der Waals surface area contributed by atoms with Gasteiger partial charge in [-0.2, -0.15) is 13.2 Å². The van der Waals surface area contributed by atoms with Crippen LogP contribution in [0.3, 0.4) is 0 Å². The van der Waals surface area contributed by atoms with E-state index < -0.39 is 11.7 Å². The number of alkyl halides is 3. The number of rotatable bonds is 6. The normalized spacial score (nSPS) is 16.2. The van der Waals surface area contributed by atoms with Crippen LogP contribution in [-0.4, -0.2) is 45.9 Å². The summed E-state index contributed by atoms with van der Waals surface area (Å²) in [5.41, 5.74) is -0.559. The molecule has 0 aliphatic carbocycles. The second-order valence-electron chi connectivity index (χ2n) is 8.12. The molecule has 2 heterocycles. The quantitative estimate of drug-likeness (QED) is 0.754. The second kappa shape index (κ2) is 9.53. The van der Waals surface area contributed by atoms with Crippen molar-refractivity contribution in [3.05, 3.63) is 53.6 Å². The lowest BCUT2D eigenvalue weighted by Crippen LogP contribution is -2.43. The minimum Gasteiger partial charge on any atom is -0.356 e. The first kappa shape index (κ1) is 22.8. The van der Waals surface area contributed by atoms with Crippen molar-refractivity contribution in [2.75, 3.05) is 19.6 Å². The van der Waals surface area contributed by atoms with Gasteiger partial charge in [0, 0.05) is 50.1 Å². The van der Waals surface area contributed by atoms with E-state index in [2.05, 4.69) is 17.2 Å². The molecule has 0 bridgehead atoms. The first-order valence-corrected chi connectivity index (χ1v) is 10.4. The number of carbonyl (C=O) groups excluding carboxylic acids is 2. The van der Waals surface area contributed by atoms with Gasteiger partial charge in [-0.05, 0) is 49.9 Å². The Morgan fingerprint density at radius 1 is 1.19 bits per heavy atom. The fourth-order valence-electron chi connectivity index (χ4n) is 3.75. The van der Waals surface area contributed by atoms with Crippen molar-refractivity contribution in [3.63, 3.8) is 0 Å². The zero-order valence-electron chi connectivity index (χ0n) is 17.7. The molecule has 3 rings (SSSR count). The number of aromatic nitrogens is 2. The van der Waals surface area contributed by atoms with Gasteiger partial charge in [-0.3, -0.25) is 9.59 Å². The van der Waals surface area contributed by atoms with Crippen LogP contribution in [0.4, 0.5) is 13.2 Å². The highest BCUT2D eigenvalue weighted by molar-refractivity contribution is 5.94. The largest absolute Gasteiger partial charge is 0.416 e. The van der Waals surface area contributed by atoms with Crippen molar-refractivity contribution >= 4 is 11.8 Å². The van der Waals surface area contributed by atoms with E-state index in [4.69, 9.17) is 0 Å². The standard InChI is InChI=1S/C22H27F3N4O2/c1-15(14-29-12-9-26-16(29)2)13-27-20(30)17-7-10-28(11-8-17)21(31)18-3-5-19(6-4-18)22(23,24)25/h3-6,9,12,15,17H,7-8,10-11,13-14H2,1-2H3,(H,27,30)/t15-/m0/s1. The van der Waals surface area contributed by atoms with Crippen LogP contribution in [-0.2, 0) is 17.5 Å². The van der Waals surface area contributed by atoms with Crippen LogP contribution in [0.5, 0.6) is 0 Å². The number of halogens is 3. The van der Waals surface area contributed by atoms with Gasteiger partial charge in [0.15, 0.2) is 0 Å². The Balaban J connectivity index is 1.44. The van der Waals surface area contributed by atoms with Crippen molar-refractivity contribution in [1.29, 1.82) is 0 Å². The molecule has 1 aromatic carbocycles. The van der Waals surface area contributed by atoms with Gasteiger partial charge in [-0.1, -0.05) is 6.92 Å². The molecule has 9 heteroatoms. The molecule has 1 aromatic heterocycles. The molecule has 0 spiro atoms. The van der Waals surface area contributed by atoms with E-state index >= 15 is 0 Å². The molecule has 0 unspecified atom stereocenters. The average molecular weight is 436 g/mol. The van der Waals surface area contributed by atoms with E-state index in [0.29, 0.717) is 32.5 Å². The van der Waals surface area contributed by atoms with E-state index in [0.717, 1.165) is 24.5 Å². The van der Waals surface area contributed by atoms with E-state index in [9.17, 15) is 22.8 Å². The second-order valence-corrected chi connectivity index (χ2v) is 8.12. The van der Waals surface area contributed by atoms with Crippen LogP contribution >= 0.6 is 0 Å². The maximum absolute atomic E-state index is 12.7. The number of amides is 2. The first-order chi connectivity index (χ1) is 14.6. The number of nitrogens with one attached hydrogen (secondary N) is 1. The summed E-state index contributed by atoms with van der Waals surface area (Å²) in [4.78, 5) is 30.9. The zero-order chi connectivity index (χ0) is 22.6. The summed E-state index contributed by atoms with van der Waals surface area (Å²) in [5.74, 6) is 0.688.